The van der Waals surface area contributed by atoms with Gasteiger partial charge in [-0.05, 0) is 6.42 Å². The summed E-state index contributed by atoms with van der Waals surface area (Å²) in [6.07, 6.45) is 8.36. The van der Waals surface area contributed by atoms with Crippen molar-refractivity contribution in [2.45, 2.75) is 52.9 Å². The van der Waals surface area contributed by atoms with Crippen molar-refractivity contribution in [1.82, 2.24) is 0 Å². The molecule has 0 saturated heterocycles. The minimum absolute atomic E-state index is 1.18. The largest absolute Gasteiger partial charge is 0.103 e. The van der Waals surface area contributed by atoms with Crippen LogP contribution in [0.3, 0.4) is 0 Å². The normalized spacial score (nSPS) is 7.90. The first-order chi connectivity index (χ1) is 4.83. The zero-order valence-electron chi connectivity index (χ0n) is 7.82. The van der Waals surface area contributed by atoms with E-state index in [1.54, 1.807) is 0 Å². The van der Waals surface area contributed by atoms with Crippen molar-refractivity contribution < 1.29 is 0 Å². The van der Waals surface area contributed by atoms with Crippen LogP contribution in [-0.4, -0.2) is 0 Å². The predicted octanol–water partition coefficient (Wildman–Crippen LogP) is 4.17. The molecule has 0 amide bonds. The van der Waals surface area contributed by atoms with E-state index in [0.717, 1.165) is 0 Å². The first-order valence-electron chi connectivity index (χ1n) is 4.44. The second-order valence-corrected chi connectivity index (χ2v) is 2.43. The molecule has 0 aromatic carbocycles. The van der Waals surface area contributed by atoms with Gasteiger partial charge in [-0.2, -0.15) is 0 Å². The molecule has 0 aliphatic heterocycles. The van der Waals surface area contributed by atoms with E-state index in [0.29, 0.717) is 0 Å². The Hall–Kier alpha value is -0.260. The highest BCUT2D eigenvalue weighted by Gasteiger charge is 1.71. The third-order valence-electron chi connectivity index (χ3n) is 1.26. The van der Waals surface area contributed by atoms with Gasteiger partial charge in [0.25, 0.3) is 0 Å². The van der Waals surface area contributed by atoms with E-state index in [1.165, 1.54) is 32.1 Å². The molecule has 0 heteroatoms. The highest BCUT2D eigenvalue weighted by atomic mass is 13.8. The number of allylic oxidation sites excluding steroid dienone is 1. The molecule has 0 saturated carbocycles. The number of rotatable bonds is 4. The van der Waals surface area contributed by atoms with E-state index >= 15 is 0 Å². The average molecular weight is 142 g/mol. The summed E-state index contributed by atoms with van der Waals surface area (Å²) < 4.78 is 0. The molecule has 0 atom stereocenters. The highest BCUT2D eigenvalue weighted by Crippen LogP contribution is 1.91. The van der Waals surface area contributed by atoms with E-state index in [1.807, 2.05) is 6.08 Å². The van der Waals surface area contributed by atoms with Crippen molar-refractivity contribution in [3.63, 3.8) is 0 Å². The summed E-state index contributed by atoms with van der Waals surface area (Å²) in [6, 6.07) is 0. The van der Waals surface area contributed by atoms with E-state index in [-0.39, 0.29) is 0 Å². The average Bonchev–Trinajstić information content (AvgIpc) is 2.01. The van der Waals surface area contributed by atoms with Crippen LogP contribution in [0, 0.1) is 0 Å². The second-order valence-electron chi connectivity index (χ2n) is 2.43. The van der Waals surface area contributed by atoms with Crippen LogP contribution < -0.4 is 0 Å². The molecule has 0 aliphatic rings. The summed E-state index contributed by atoms with van der Waals surface area (Å²) in [5.74, 6) is 0. The van der Waals surface area contributed by atoms with Gasteiger partial charge in [-0.15, -0.1) is 6.58 Å². The maximum absolute atomic E-state index is 3.60. The number of hydrogen-bond donors (Lipinski definition) is 0. The SMILES string of the molecule is C=CCCCC.CCCC. The fourth-order valence-corrected chi connectivity index (χ4v) is 0.348. The van der Waals surface area contributed by atoms with Crippen molar-refractivity contribution in [2.75, 3.05) is 0 Å². The first-order valence-corrected chi connectivity index (χ1v) is 4.44. The van der Waals surface area contributed by atoms with Gasteiger partial charge >= 0.3 is 0 Å². The second kappa shape index (κ2) is 15.9. The summed E-state index contributed by atoms with van der Waals surface area (Å²) in [5.41, 5.74) is 0. The van der Waals surface area contributed by atoms with Gasteiger partial charge in [0.2, 0.25) is 0 Å². The molecule has 0 heterocycles. The summed E-state index contributed by atoms with van der Waals surface area (Å²) in [5, 5.41) is 0. The van der Waals surface area contributed by atoms with Crippen LogP contribution >= 0.6 is 0 Å². The molecule has 0 rings (SSSR count). The molecular weight excluding hydrogens is 120 g/mol. The molecular formula is C10H22. The number of unbranched alkanes of at least 4 members (excludes halogenated alkanes) is 3. The van der Waals surface area contributed by atoms with Crippen LogP contribution in [0.25, 0.3) is 0 Å². The van der Waals surface area contributed by atoms with E-state index in [4.69, 9.17) is 0 Å². The fraction of sp³-hybridized carbons (Fsp3) is 0.800. The Balaban J connectivity index is 0. The molecule has 0 bridgehead atoms. The van der Waals surface area contributed by atoms with Crippen LogP contribution in [0.4, 0.5) is 0 Å². The van der Waals surface area contributed by atoms with E-state index in [9.17, 15) is 0 Å². The summed E-state index contributed by atoms with van der Waals surface area (Å²) in [7, 11) is 0. The minimum Gasteiger partial charge on any atom is -0.103 e. The van der Waals surface area contributed by atoms with Crippen LogP contribution in [0.1, 0.15) is 52.9 Å². The third kappa shape index (κ3) is 25.1. The lowest BCUT2D eigenvalue weighted by atomic mass is 10.3. The zero-order chi connectivity index (χ0) is 8.24. The van der Waals surface area contributed by atoms with Gasteiger partial charge in [0, 0.05) is 0 Å². The van der Waals surface area contributed by atoms with Crippen molar-refractivity contribution in [3.8, 4) is 0 Å². The Morgan fingerprint density at radius 2 is 1.50 bits per heavy atom. The Kier molecular flexibility index (Phi) is 19.7. The monoisotopic (exact) mass is 142 g/mol. The van der Waals surface area contributed by atoms with Crippen molar-refractivity contribution in [3.05, 3.63) is 12.7 Å². The van der Waals surface area contributed by atoms with Gasteiger partial charge in [0.15, 0.2) is 0 Å². The van der Waals surface area contributed by atoms with Crippen LogP contribution in [0.2, 0.25) is 0 Å². The lowest BCUT2D eigenvalue weighted by Crippen LogP contribution is -1.61. The van der Waals surface area contributed by atoms with Crippen molar-refractivity contribution >= 4 is 0 Å². The Morgan fingerprint density at radius 3 is 1.60 bits per heavy atom. The minimum atomic E-state index is 1.18. The molecule has 0 aromatic heterocycles. The van der Waals surface area contributed by atoms with Crippen LogP contribution in [0.5, 0.6) is 0 Å². The molecule has 0 spiro atoms. The van der Waals surface area contributed by atoms with E-state index in [2.05, 4.69) is 27.4 Å². The van der Waals surface area contributed by atoms with E-state index < -0.39 is 0 Å². The van der Waals surface area contributed by atoms with Gasteiger partial charge in [-0.1, -0.05) is 52.5 Å². The van der Waals surface area contributed by atoms with Crippen LogP contribution in [0.15, 0.2) is 12.7 Å². The molecule has 0 unspecified atom stereocenters. The van der Waals surface area contributed by atoms with Crippen molar-refractivity contribution in [1.29, 1.82) is 0 Å². The summed E-state index contributed by atoms with van der Waals surface area (Å²) in [6.45, 7) is 10.1. The summed E-state index contributed by atoms with van der Waals surface area (Å²) >= 11 is 0. The van der Waals surface area contributed by atoms with Crippen molar-refractivity contribution in [2.24, 2.45) is 0 Å². The fourth-order valence-electron chi connectivity index (χ4n) is 0.348. The Bertz CT molecular complexity index is 44.0. The smallest absolute Gasteiger partial charge is 0.0354 e. The van der Waals surface area contributed by atoms with Gasteiger partial charge in [-0.25, -0.2) is 0 Å². The van der Waals surface area contributed by atoms with Gasteiger partial charge in [0.1, 0.15) is 0 Å². The topological polar surface area (TPSA) is 0 Å². The summed E-state index contributed by atoms with van der Waals surface area (Å²) in [4.78, 5) is 0. The molecule has 0 N–H and O–H groups in total. The third-order valence-corrected chi connectivity index (χ3v) is 1.26. The van der Waals surface area contributed by atoms with Gasteiger partial charge in [0.05, 0.1) is 0 Å². The molecule has 0 aromatic rings. The Morgan fingerprint density at radius 1 is 1.00 bits per heavy atom. The van der Waals surface area contributed by atoms with Gasteiger partial charge < -0.3 is 0 Å². The standard InChI is InChI=1S/C6H12.C4H10/c1-3-5-6-4-2;1-3-4-2/h3H,1,4-6H2,2H3;3-4H2,1-2H3. The molecule has 0 fully saturated rings. The maximum Gasteiger partial charge on any atom is -0.0354 e. The van der Waals surface area contributed by atoms with Gasteiger partial charge in [-0.3, -0.25) is 0 Å². The highest BCUT2D eigenvalue weighted by molar-refractivity contribution is 4.64. The Labute approximate surface area is 66.3 Å². The number of hydrogen-bond acceptors (Lipinski definition) is 0. The molecule has 0 aliphatic carbocycles. The zero-order valence-corrected chi connectivity index (χ0v) is 7.82. The molecule has 62 valence electrons. The lowest BCUT2D eigenvalue weighted by molar-refractivity contribution is 0.816. The first kappa shape index (κ1) is 12.4. The van der Waals surface area contributed by atoms with Crippen LogP contribution in [-0.2, 0) is 0 Å². The quantitative estimate of drug-likeness (QED) is 0.408. The molecule has 0 nitrogen and oxygen atoms in total. The molecule has 10 heavy (non-hydrogen) atoms. The lowest BCUT2D eigenvalue weighted by Gasteiger charge is -1.81. The molecule has 0 radical (unpaired) electrons. The maximum atomic E-state index is 3.60. The predicted molar refractivity (Wildman–Crippen MR) is 50.3 cm³/mol.